The van der Waals surface area contributed by atoms with E-state index in [0.29, 0.717) is 18.1 Å². The lowest BCUT2D eigenvalue weighted by atomic mass is 10.1. The van der Waals surface area contributed by atoms with Gasteiger partial charge in [-0.3, -0.25) is 0 Å². The summed E-state index contributed by atoms with van der Waals surface area (Å²) in [5.41, 5.74) is 7.17. The van der Waals surface area contributed by atoms with Crippen molar-refractivity contribution in [2.45, 2.75) is 25.3 Å². The lowest BCUT2D eigenvalue weighted by Gasteiger charge is -2.17. The van der Waals surface area contributed by atoms with Gasteiger partial charge < -0.3 is 4.90 Å². The zero-order valence-corrected chi connectivity index (χ0v) is 26.9. The maximum Gasteiger partial charge on any atom is 0.263 e. The Morgan fingerprint density at radius 2 is 1.50 bits per heavy atom. The second kappa shape index (κ2) is 13.9. The van der Waals surface area contributed by atoms with Gasteiger partial charge in [0.2, 0.25) is 12.1 Å². The van der Waals surface area contributed by atoms with Gasteiger partial charge in [-0.05, 0) is 84.5 Å². The maximum atomic E-state index is 6.78. The van der Waals surface area contributed by atoms with Crippen LogP contribution in [0.15, 0.2) is 130 Å². The molecule has 0 saturated heterocycles. The molecule has 0 radical (unpaired) electrons. The lowest BCUT2D eigenvalue weighted by Crippen LogP contribution is -2.34. The molecule has 5 aromatic rings. The molecule has 0 N–H and O–H groups in total. The van der Waals surface area contributed by atoms with E-state index in [4.69, 9.17) is 11.6 Å². The summed E-state index contributed by atoms with van der Waals surface area (Å²) >= 11 is 10.3. The predicted octanol–water partition coefficient (Wildman–Crippen LogP) is 10.2. The van der Waals surface area contributed by atoms with Gasteiger partial charge in [0, 0.05) is 22.1 Å². The van der Waals surface area contributed by atoms with Gasteiger partial charge in [-0.15, -0.1) is 11.8 Å². The zero-order valence-electron chi connectivity index (χ0n) is 24.6. The fourth-order valence-corrected chi connectivity index (χ4v) is 7.41. The monoisotopic (exact) mass is 625 g/mol. The fraction of sp³-hybridized carbons (Fsp3) is 0.103. The summed E-state index contributed by atoms with van der Waals surface area (Å²) in [4.78, 5) is 3.47. The van der Waals surface area contributed by atoms with Crippen molar-refractivity contribution >= 4 is 56.7 Å². The first-order valence-electron chi connectivity index (χ1n) is 14.4. The summed E-state index contributed by atoms with van der Waals surface area (Å²) in [5.74, 6) is 12.5. The Bertz CT molecular complexity index is 2030. The van der Waals surface area contributed by atoms with E-state index >= 15 is 0 Å². The summed E-state index contributed by atoms with van der Waals surface area (Å²) in [7, 11) is 0. The molecule has 0 unspecified atom stereocenters. The molecule has 2 heterocycles. The third-order valence-corrected chi connectivity index (χ3v) is 9.75. The Balaban J connectivity index is 1.28. The number of thiazole rings is 1. The molecule has 1 aliphatic heterocycles. The van der Waals surface area contributed by atoms with E-state index < -0.39 is 0 Å². The van der Waals surface area contributed by atoms with Crippen LogP contribution in [0.25, 0.3) is 38.5 Å². The molecule has 0 aliphatic carbocycles. The fourth-order valence-electron chi connectivity index (χ4n) is 5.08. The van der Waals surface area contributed by atoms with Crippen LogP contribution >= 0.6 is 34.7 Å². The molecule has 0 fully saturated rings. The molecule has 5 heteroatoms. The Kier molecular flexibility index (Phi) is 9.35. The Labute approximate surface area is 273 Å². The van der Waals surface area contributed by atoms with Crippen LogP contribution in [-0.4, -0.2) is 6.54 Å². The first-order chi connectivity index (χ1) is 21.6. The number of benzene rings is 4. The summed E-state index contributed by atoms with van der Waals surface area (Å²) < 4.78 is 3.47. The van der Waals surface area contributed by atoms with Crippen molar-refractivity contribution in [1.82, 2.24) is 0 Å². The van der Waals surface area contributed by atoms with E-state index in [1.807, 2.05) is 38.1 Å². The molecule has 0 saturated carbocycles. The van der Waals surface area contributed by atoms with Gasteiger partial charge >= 0.3 is 0 Å². The average molecular weight is 626 g/mol. The summed E-state index contributed by atoms with van der Waals surface area (Å²) in [6.45, 7) is 5.00. The van der Waals surface area contributed by atoms with E-state index in [1.165, 1.54) is 43.1 Å². The Hall–Kier alpha value is -4.45. The smallest absolute Gasteiger partial charge is 0.263 e. The summed E-state index contributed by atoms with van der Waals surface area (Å²) in [5, 5.41) is 2.85. The van der Waals surface area contributed by atoms with E-state index in [-0.39, 0.29) is 0 Å². The normalized spacial score (nSPS) is 13.6. The summed E-state index contributed by atoms with van der Waals surface area (Å²) in [6, 6.07) is 34.2. The number of thioether (sulfide) groups is 1. The molecular formula is C39H30ClN2S2+. The van der Waals surface area contributed by atoms with Crippen molar-refractivity contribution < 1.29 is 4.57 Å². The van der Waals surface area contributed by atoms with Crippen LogP contribution in [0.1, 0.15) is 18.9 Å². The molecule has 0 bridgehead atoms. The van der Waals surface area contributed by atoms with Crippen LogP contribution in [0.3, 0.4) is 0 Å². The molecule has 44 heavy (non-hydrogen) atoms. The van der Waals surface area contributed by atoms with E-state index in [2.05, 4.69) is 130 Å². The summed E-state index contributed by atoms with van der Waals surface area (Å²) in [6.07, 6.45) is 8.11. The molecule has 0 atom stereocenters. The lowest BCUT2D eigenvalue weighted by molar-refractivity contribution is -0.656. The second-order valence-corrected chi connectivity index (χ2v) is 12.6. The predicted molar refractivity (Wildman–Crippen MR) is 190 cm³/mol. The van der Waals surface area contributed by atoms with Crippen LogP contribution in [0, 0.1) is 23.7 Å². The van der Waals surface area contributed by atoms with Crippen molar-refractivity contribution in [1.29, 1.82) is 0 Å². The number of hydrogen-bond acceptors (Lipinski definition) is 3. The van der Waals surface area contributed by atoms with Crippen LogP contribution in [0.4, 0.5) is 5.69 Å². The van der Waals surface area contributed by atoms with Gasteiger partial charge in [0.1, 0.15) is 4.70 Å². The highest BCUT2D eigenvalue weighted by Gasteiger charge is 2.25. The molecule has 6 rings (SSSR count). The quantitative estimate of drug-likeness (QED) is 0.101. The van der Waals surface area contributed by atoms with E-state index in [0.717, 1.165) is 10.0 Å². The number of rotatable bonds is 7. The number of allylic oxidation sites excluding steroid dienone is 4. The number of hydrogen-bond donors (Lipinski definition) is 0. The number of fused-ring (bicyclic) bond motifs is 2. The van der Waals surface area contributed by atoms with E-state index in [9.17, 15) is 0 Å². The van der Waals surface area contributed by atoms with Gasteiger partial charge in [0.25, 0.3) is 5.01 Å². The third kappa shape index (κ3) is 6.54. The van der Waals surface area contributed by atoms with Crippen molar-refractivity contribution in [2.24, 2.45) is 0 Å². The zero-order chi connectivity index (χ0) is 30.3. The standard InChI is InChI=1S/C39H30ClN2S2/c1-3-5-25-41-34-21-17-31(29-13-9-7-10-14-29)27-36(34)43-38(41)23-19-33(40)20-24-39-42(26-6-4-2)35-22-18-32(28-37(35)44-39)30-15-11-8-12-16-30/h7-24,27-28H,25-26H2,1-2H3/q+1. The highest BCUT2D eigenvalue weighted by Crippen LogP contribution is 2.47. The minimum atomic E-state index is 0.625. The first-order valence-corrected chi connectivity index (χ1v) is 16.4. The SMILES string of the molecule is CC#CCN1C(=CC=C(Cl)C=Cc2sc3cc(-c4ccccc4)ccc3[n+]2CC#CC)Sc2cc(-c3ccccc3)ccc21. The van der Waals surface area contributed by atoms with Crippen molar-refractivity contribution in [2.75, 3.05) is 11.4 Å². The topological polar surface area (TPSA) is 7.12 Å². The Morgan fingerprint density at radius 3 is 2.20 bits per heavy atom. The van der Waals surface area contributed by atoms with Gasteiger partial charge in [-0.1, -0.05) is 107 Å². The molecule has 0 amide bonds. The third-order valence-electron chi connectivity index (χ3n) is 7.27. The molecule has 0 spiro atoms. The van der Waals surface area contributed by atoms with E-state index in [1.54, 1.807) is 23.1 Å². The van der Waals surface area contributed by atoms with Gasteiger partial charge in [0.15, 0.2) is 0 Å². The number of halogens is 1. The highest BCUT2D eigenvalue weighted by atomic mass is 35.5. The van der Waals surface area contributed by atoms with Crippen molar-refractivity contribution in [3.8, 4) is 45.9 Å². The van der Waals surface area contributed by atoms with Gasteiger partial charge in [0.05, 0.1) is 17.3 Å². The molecule has 2 nitrogen and oxygen atoms in total. The highest BCUT2D eigenvalue weighted by molar-refractivity contribution is 8.03. The molecule has 4 aromatic carbocycles. The number of nitrogens with zero attached hydrogens (tertiary/aromatic N) is 2. The Morgan fingerprint density at radius 1 is 0.818 bits per heavy atom. The first kappa shape index (κ1) is 29.6. The molecular weight excluding hydrogens is 596 g/mol. The average Bonchev–Trinajstić information content (AvgIpc) is 3.61. The van der Waals surface area contributed by atoms with Crippen molar-refractivity contribution in [3.05, 3.63) is 130 Å². The molecule has 214 valence electrons. The van der Waals surface area contributed by atoms with Gasteiger partial charge in [-0.25, -0.2) is 0 Å². The largest absolute Gasteiger partial charge is 0.323 e. The minimum Gasteiger partial charge on any atom is -0.323 e. The number of anilines is 1. The second-order valence-electron chi connectivity index (χ2n) is 10.1. The molecule has 1 aromatic heterocycles. The maximum absolute atomic E-state index is 6.78. The van der Waals surface area contributed by atoms with Crippen LogP contribution in [0.2, 0.25) is 0 Å². The molecule has 1 aliphatic rings. The van der Waals surface area contributed by atoms with Gasteiger partial charge in [-0.2, -0.15) is 4.57 Å². The number of aromatic nitrogens is 1. The van der Waals surface area contributed by atoms with Crippen LogP contribution < -0.4 is 9.47 Å². The minimum absolute atomic E-state index is 0.625. The van der Waals surface area contributed by atoms with Crippen LogP contribution in [-0.2, 0) is 6.54 Å². The van der Waals surface area contributed by atoms with Crippen LogP contribution in [0.5, 0.6) is 0 Å². The van der Waals surface area contributed by atoms with Crippen molar-refractivity contribution in [3.63, 3.8) is 0 Å².